The molecule has 5 heteroatoms. The van der Waals surface area contributed by atoms with E-state index in [0.717, 1.165) is 6.42 Å². The van der Waals surface area contributed by atoms with Crippen LogP contribution in [0.1, 0.15) is 39.0 Å². The van der Waals surface area contributed by atoms with Gasteiger partial charge in [0.05, 0.1) is 18.8 Å². The largest absolute Gasteiger partial charge is 0.389 e. The zero-order chi connectivity index (χ0) is 14.1. The Kier molecular flexibility index (Phi) is 8.02. The fourth-order valence-electron chi connectivity index (χ4n) is 2.42. The molecule has 1 aliphatic rings. The van der Waals surface area contributed by atoms with Gasteiger partial charge >= 0.3 is 0 Å². The Balaban J connectivity index is 2.04. The predicted molar refractivity (Wildman–Crippen MR) is 74.9 cm³/mol. The lowest BCUT2D eigenvalue weighted by Crippen LogP contribution is -2.35. The van der Waals surface area contributed by atoms with Crippen molar-refractivity contribution >= 4 is 5.91 Å². The van der Waals surface area contributed by atoms with Gasteiger partial charge in [0.1, 0.15) is 0 Å². The van der Waals surface area contributed by atoms with Crippen LogP contribution in [-0.2, 0) is 9.53 Å². The third-order valence-electron chi connectivity index (χ3n) is 3.72. The summed E-state index contributed by atoms with van der Waals surface area (Å²) in [6.45, 7) is 3.65. The van der Waals surface area contributed by atoms with Crippen molar-refractivity contribution in [1.29, 1.82) is 0 Å². The molecule has 0 radical (unpaired) electrons. The van der Waals surface area contributed by atoms with Gasteiger partial charge in [-0.25, -0.2) is 0 Å². The Hall–Kier alpha value is -0.650. The van der Waals surface area contributed by atoms with E-state index in [1.54, 1.807) is 7.05 Å². The third kappa shape index (κ3) is 6.89. The van der Waals surface area contributed by atoms with Gasteiger partial charge in [-0.3, -0.25) is 4.79 Å². The summed E-state index contributed by atoms with van der Waals surface area (Å²) < 4.78 is 5.79. The lowest BCUT2D eigenvalue weighted by Gasteiger charge is -2.29. The van der Waals surface area contributed by atoms with Crippen LogP contribution in [0.2, 0.25) is 0 Å². The molecule has 0 saturated heterocycles. The smallest absolute Gasteiger partial charge is 0.221 e. The Morgan fingerprint density at radius 3 is 2.84 bits per heavy atom. The molecule has 19 heavy (non-hydrogen) atoms. The molecule has 1 saturated carbocycles. The average molecular weight is 272 g/mol. The van der Waals surface area contributed by atoms with E-state index in [0.29, 0.717) is 38.1 Å². The number of carbonyl (C=O) groups excluding carboxylic acids is 1. The fourth-order valence-corrected chi connectivity index (χ4v) is 2.42. The summed E-state index contributed by atoms with van der Waals surface area (Å²) in [7, 11) is 1.62. The number of hydrogen-bond donors (Lipinski definition) is 3. The maximum Gasteiger partial charge on any atom is 0.221 e. The molecule has 0 aliphatic heterocycles. The summed E-state index contributed by atoms with van der Waals surface area (Å²) in [5, 5.41) is 15.4. The van der Waals surface area contributed by atoms with Crippen LogP contribution in [0, 0.1) is 5.92 Å². The predicted octanol–water partition coefficient (Wildman–Crippen LogP) is 0.668. The van der Waals surface area contributed by atoms with Crippen LogP contribution >= 0.6 is 0 Å². The van der Waals surface area contributed by atoms with Gasteiger partial charge in [0.25, 0.3) is 0 Å². The third-order valence-corrected chi connectivity index (χ3v) is 3.72. The van der Waals surface area contributed by atoms with E-state index < -0.39 is 6.10 Å². The van der Waals surface area contributed by atoms with E-state index in [1.165, 1.54) is 19.3 Å². The molecule has 1 aliphatic carbocycles. The SMILES string of the molecule is CNC(=O)CCNCC(O)COC1CCCCC1C. The quantitative estimate of drug-likeness (QED) is 0.568. The van der Waals surface area contributed by atoms with Crippen LogP contribution in [0.4, 0.5) is 0 Å². The molecule has 0 heterocycles. The van der Waals surface area contributed by atoms with E-state index in [-0.39, 0.29) is 5.91 Å². The van der Waals surface area contributed by atoms with Crippen molar-refractivity contribution < 1.29 is 14.6 Å². The maximum atomic E-state index is 11.0. The summed E-state index contributed by atoms with van der Waals surface area (Å²) in [4.78, 5) is 11.0. The van der Waals surface area contributed by atoms with Gasteiger partial charge < -0.3 is 20.5 Å². The van der Waals surface area contributed by atoms with Crippen molar-refractivity contribution in [3.63, 3.8) is 0 Å². The van der Waals surface area contributed by atoms with Crippen LogP contribution in [-0.4, -0.2) is 50.0 Å². The summed E-state index contributed by atoms with van der Waals surface area (Å²) in [6.07, 6.45) is 5.10. The fraction of sp³-hybridized carbons (Fsp3) is 0.929. The van der Waals surface area contributed by atoms with Crippen LogP contribution in [0.15, 0.2) is 0 Å². The Morgan fingerprint density at radius 1 is 1.42 bits per heavy atom. The van der Waals surface area contributed by atoms with Crippen molar-refractivity contribution in [3.05, 3.63) is 0 Å². The monoisotopic (exact) mass is 272 g/mol. The Bertz CT molecular complexity index is 261. The number of carbonyl (C=O) groups is 1. The number of hydrogen-bond acceptors (Lipinski definition) is 4. The van der Waals surface area contributed by atoms with E-state index in [1.807, 2.05) is 0 Å². The first-order valence-electron chi connectivity index (χ1n) is 7.34. The summed E-state index contributed by atoms with van der Waals surface area (Å²) in [5.41, 5.74) is 0. The summed E-state index contributed by atoms with van der Waals surface area (Å²) in [5.74, 6) is 0.608. The first-order valence-corrected chi connectivity index (χ1v) is 7.34. The normalized spacial score (nSPS) is 25.0. The van der Waals surface area contributed by atoms with Crippen LogP contribution < -0.4 is 10.6 Å². The van der Waals surface area contributed by atoms with Gasteiger partial charge in [0.2, 0.25) is 5.91 Å². The average Bonchev–Trinajstić information content (AvgIpc) is 2.42. The number of amides is 1. The molecule has 5 nitrogen and oxygen atoms in total. The van der Waals surface area contributed by atoms with E-state index in [4.69, 9.17) is 4.74 Å². The Labute approximate surface area is 116 Å². The van der Waals surface area contributed by atoms with Gasteiger partial charge in [-0.2, -0.15) is 0 Å². The minimum absolute atomic E-state index is 0.00858. The number of aliphatic hydroxyl groups is 1. The first-order chi connectivity index (χ1) is 9.13. The lowest BCUT2D eigenvalue weighted by atomic mass is 9.88. The number of nitrogens with one attached hydrogen (secondary N) is 2. The number of rotatable bonds is 8. The van der Waals surface area contributed by atoms with Crippen molar-refractivity contribution in [1.82, 2.24) is 10.6 Å². The molecule has 1 amide bonds. The molecule has 0 spiro atoms. The van der Waals surface area contributed by atoms with Crippen LogP contribution in [0.25, 0.3) is 0 Å². The van der Waals surface area contributed by atoms with Crippen molar-refractivity contribution in [2.45, 2.75) is 51.2 Å². The van der Waals surface area contributed by atoms with E-state index >= 15 is 0 Å². The minimum Gasteiger partial charge on any atom is -0.389 e. The molecule has 0 bridgehead atoms. The lowest BCUT2D eigenvalue weighted by molar-refractivity contribution is -0.120. The standard InChI is InChI=1S/C14H28N2O3/c1-11-5-3-4-6-13(11)19-10-12(17)9-16-8-7-14(18)15-2/h11-13,16-17H,3-10H2,1-2H3,(H,15,18). The molecule has 3 atom stereocenters. The highest BCUT2D eigenvalue weighted by Crippen LogP contribution is 2.26. The number of aliphatic hydroxyl groups excluding tert-OH is 1. The first kappa shape index (κ1) is 16.4. The zero-order valence-corrected chi connectivity index (χ0v) is 12.2. The molecular weight excluding hydrogens is 244 g/mol. The van der Waals surface area contributed by atoms with Crippen molar-refractivity contribution in [2.75, 3.05) is 26.7 Å². The summed E-state index contributed by atoms with van der Waals surface area (Å²) in [6, 6.07) is 0. The highest BCUT2D eigenvalue weighted by molar-refractivity contribution is 5.75. The van der Waals surface area contributed by atoms with E-state index in [9.17, 15) is 9.90 Å². The molecule has 3 N–H and O–H groups in total. The molecule has 0 aromatic rings. The van der Waals surface area contributed by atoms with Gasteiger partial charge in [0, 0.05) is 26.6 Å². The molecule has 1 fully saturated rings. The van der Waals surface area contributed by atoms with Gasteiger partial charge in [0.15, 0.2) is 0 Å². The topological polar surface area (TPSA) is 70.6 Å². The van der Waals surface area contributed by atoms with Gasteiger partial charge in [-0.05, 0) is 18.8 Å². The molecule has 0 aromatic carbocycles. The van der Waals surface area contributed by atoms with E-state index in [2.05, 4.69) is 17.6 Å². The molecule has 3 unspecified atom stereocenters. The van der Waals surface area contributed by atoms with Crippen LogP contribution in [0.3, 0.4) is 0 Å². The zero-order valence-electron chi connectivity index (χ0n) is 12.2. The second-order valence-corrected chi connectivity index (χ2v) is 5.41. The number of ether oxygens (including phenoxy) is 1. The van der Waals surface area contributed by atoms with Crippen molar-refractivity contribution in [2.24, 2.45) is 5.92 Å². The highest BCUT2D eigenvalue weighted by Gasteiger charge is 2.22. The van der Waals surface area contributed by atoms with Gasteiger partial charge in [-0.1, -0.05) is 19.8 Å². The molecule has 0 aromatic heterocycles. The second-order valence-electron chi connectivity index (χ2n) is 5.41. The molecule has 1 rings (SSSR count). The second kappa shape index (κ2) is 9.28. The van der Waals surface area contributed by atoms with Gasteiger partial charge in [-0.15, -0.1) is 0 Å². The minimum atomic E-state index is -0.501. The van der Waals surface area contributed by atoms with Crippen LogP contribution in [0.5, 0.6) is 0 Å². The summed E-state index contributed by atoms with van der Waals surface area (Å²) >= 11 is 0. The molecular formula is C14H28N2O3. The van der Waals surface area contributed by atoms with Crippen molar-refractivity contribution in [3.8, 4) is 0 Å². The molecule has 112 valence electrons. The Morgan fingerprint density at radius 2 is 2.16 bits per heavy atom. The maximum absolute atomic E-state index is 11.0. The highest BCUT2D eigenvalue weighted by atomic mass is 16.5.